The number of para-hydroxylation sites is 1. The molecule has 0 unspecified atom stereocenters. The first-order valence-corrected chi connectivity index (χ1v) is 10.7. The zero-order valence-corrected chi connectivity index (χ0v) is 16.9. The number of anilines is 3. The average Bonchev–Trinajstić information content (AvgIpc) is 3.42. The lowest BCUT2D eigenvalue weighted by Gasteiger charge is -2.20. The summed E-state index contributed by atoms with van der Waals surface area (Å²) in [6.45, 7) is 1.46. The fourth-order valence-corrected chi connectivity index (χ4v) is 4.14. The van der Waals surface area contributed by atoms with Gasteiger partial charge in [0.05, 0.1) is 0 Å². The fourth-order valence-electron chi connectivity index (χ4n) is 3.50. The maximum atomic E-state index is 12.2. The van der Waals surface area contributed by atoms with E-state index < -0.39 is 0 Å². The highest BCUT2D eigenvalue weighted by Crippen LogP contribution is 2.34. The number of rotatable bonds is 7. The van der Waals surface area contributed by atoms with Crippen LogP contribution in [0, 0.1) is 0 Å². The van der Waals surface area contributed by atoms with E-state index in [1.165, 1.54) is 22.6 Å². The Balaban J connectivity index is 1.24. The third-order valence-electron chi connectivity index (χ3n) is 5.00. The largest absolute Gasteiger partial charge is 0.352 e. The minimum atomic E-state index is -0.0919. The summed E-state index contributed by atoms with van der Waals surface area (Å²) in [6, 6.07) is 18.2. The molecule has 2 heterocycles. The first kappa shape index (κ1) is 19.2. The molecular weight excluding hydrogens is 382 g/mol. The van der Waals surface area contributed by atoms with Crippen molar-refractivity contribution >= 4 is 40.2 Å². The summed E-state index contributed by atoms with van der Waals surface area (Å²) < 4.78 is 0. The standard InChI is InChI=1S/C23H23N3O2S/c27-22(6-3-13-24-23(28)18-12-15-29-16-18)25-19-7-9-20(10-8-19)26-14-11-17-4-1-2-5-21(17)26/h1-2,4-5,7-10,12,15-16H,3,6,11,13-14H2,(H,24,28)(H,25,27). The van der Waals surface area contributed by atoms with Crippen molar-refractivity contribution in [3.8, 4) is 0 Å². The number of hydrogen-bond acceptors (Lipinski definition) is 4. The van der Waals surface area contributed by atoms with Gasteiger partial charge >= 0.3 is 0 Å². The van der Waals surface area contributed by atoms with Crippen molar-refractivity contribution in [2.75, 3.05) is 23.3 Å². The number of nitrogens with zero attached hydrogens (tertiary/aromatic N) is 1. The maximum absolute atomic E-state index is 12.2. The van der Waals surface area contributed by atoms with E-state index in [1.807, 2.05) is 35.0 Å². The highest BCUT2D eigenvalue weighted by molar-refractivity contribution is 7.08. The van der Waals surface area contributed by atoms with Gasteiger partial charge in [0.2, 0.25) is 5.91 Å². The first-order valence-electron chi connectivity index (χ1n) is 9.76. The fraction of sp³-hybridized carbons (Fsp3) is 0.217. The second-order valence-electron chi connectivity index (χ2n) is 7.00. The summed E-state index contributed by atoms with van der Waals surface area (Å²) in [5.74, 6) is -0.139. The topological polar surface area (TPSA) is 61.4 Å². The molecule has 2 N–H and O–H groups in total. The quantitative estimate of drug-likeness (QED) is 0.565. The van der Waals surface area contributed by atoms with Gasteiger partial charge in [-0.3, -0.25) is 9.59 Å². The summed E-state index contributed by atoms with van der Waals surface area (Å²) in [4.78, 5) is 26.3. The second-order valence-corrected chi connectivity index (χ2v) is 7.78. The van der Waals surface area contributed by atoms with Gasteiger partial charge in [0.25, 0.3) is 5.91 Å². The Hall–Kier alpha value is -3.12. The molecule has 29 heavy (non-hydrogen) atoms. The van der Waals surface area contributed by atoms with Gasteiger partial charge in [-0.25, -0.2) is 0 Å². The van der Waals surface area contributed by atoms with Crippen LogP contribution in [0.1, 0.15) is 28.8 Å². The van der Waals surface area contributed by atoms with Gasteiger partial charge in [0, 0.05) is 47.5 Å². The van der Waals surface area contributed by atoms with Gasteiger partial charge < -0.3 is 15.5 Å². The molecule has 0 fully saturated rings. The Morgan fingerprint density at radius 3 is 2.66 bits per heavy atom. The molecule has 0 aliphatic carbocycles. The van der Waals surface area contributed by atoms with E-state index in [4.69, 9.17) is 0 Å². The average molecular weight is 406 g/mol. The first-order chi connectivity index (χ1) is 14.2. The predicted molar refractivity (Wildman–Crippen MR) is 118 cm³/mol. The molecule has 0 bridgehead atoms. The Morgan fingerprint density at radius 1 is 1.03 bits per heavy atom. The van der Waals surface area contributed by atoms with E-state index in [0.29, 0.717) is 24.9 Å². The van der Waals surface area contributed by atoms with Crippen LogP contribution in [0.4, 0.5) is 17.1 Å². The molecule has 1 aromatic heterocycles. The molecule has 4 rings (SSSR count). The minimum Gasteiger partial charge on any atom is -0.352 e. The molecule has 0 spiro atoms. The number of amides is 2. The Morgan fingerprint density at radius 2 is 1.86 bits per heavy atom. The zero-order valence-electron chi connectivity index (χ0n) is 16.1. The Labute approximate surface area is 174 Å². The van der Waals surface area contributed by atoms with Crippen LogP contribution in [-0.2, 0) is 11.2 Å². The Bertz CT molecular complexity index is 984. The van der Waals surface area contributed by atoms with Crippen LogP contribution in [0.2, 0.25) is 0 Å². The summed E-state index contributed by atoms with van der Waals surface area (Å²) in [7, 11) is 0. The lowest BCUT2D eigenvalue weighted by Crippen LogP contribution is -2.25. The van der Waals surface area contributed by atoms with Crippen LogP contribution in [0.15, 0.2) is 65.4 Å². The molecule has 6 heteroatoms. The summed E-state index contributed by atoms with van der Waals surface area (Å²) >= 11 is 1.49. The third-order valence-corrected chi connectivity index (χ3v) is 5.68. The van der Waals surface area contributed by atoms with Crippen LogP contribution in [0.3, 0.4) is 0 Å². The normalized spacial score (nSPS) is 12.5. The SMILES string of the molecule is O=C(CCCNC(=O)c1ccsc1)Nc1ccc(N2CCc3ccccc32)cc1. The van der Waals surface area contributed by atoms with Crippen molar-refractivity contribution < 1.29 is 9.59 Å². The van der Waals surface area contributed by atoms with Gasteiger partial charge in [-0.2, -0.15) is 11.3 Å². The number of benzene rings is 2. The van der Waals surface area contributed by atoms with Gasteiger partial charge in [0.15, 0.2) is 0 Å². The molecule has 1 aliphatic heterocycles. The molecule has 1 aliphatic rings. The molecule has 3 aromatic rings. The van der Waals surface area contributed by atoms with Crippen LogP contribution in [0.5, 0.6) is 0 Å². The van der Waals surface area contributed by atoms with E-state index in [0.717, 1.165) is 24.3 Å². The second kappa shape index (κ2) is 8.92. The van der Waals surface area contributed by atoms with Gasteiger partial charge in [-0.15, -0.1) is 0 Å². The molecule has 0 radical (unpaired) electrons. The summed E-state index contributed by atoms with van der Waals surface area (Å²) in [5.41, 5.74) is 5.21. The van der Waals surface area contributed by atoms with E-state index in [-0.39, 0.29) is 11.8 Å². The van der Waals surface area contributed by atoms with Crippen LogP contribution < -0.4 is 15.5 Å². The number of thiophene rings is 1. The van der Waals surface area contributed by atoms with Crippen molar-refractivity contribution in [3.05, 3.63) is 76.5 Å². The number of nitrogens with one attached hydrogen (secondary N) is 2. The van der Waals surface area contributed by atoms with Gasteiger partial charge in [-0.05, 0) is 60.2 Å². The predicted octanol–water partition coefficient (Wildman–Crippen LogP) is 4.59. The van der Waals surface area contributed by atoms with Gasteiger partial charge in [-0.1, -0.05) is 18.2 Å². The van der Waals surface area contributed by atoms with Crippen molar-refractivity contribution in [3.63, 3.8) is 0 Å². The highest BCUT2D eigenvalue weighted by Gasteiger charge is 2.19. The molecule has 5 nitrogen and oxygen atoms in total. The van der Waals surface area contributed by atoms with Crippen LogP contribution in [0.25, 0.3) is 0 Å². The van der Waals surface area contributed by atoms with Crippen molar-refractivity contribution in [2.45, 2.75) is 19.3 Å². The summed E-state index contributed by atoms with van der Waals surface area (Å²) in [6.07, 6.45) is 2.02. The maximum Gasteiger partial charge on any atom is 0.252 e. The molecule has 148 valence electrons. The van der Waals surface area contributed by atoms with Crippen LogP contribution >= 0.6 is 11.3 Å². The summed E-state index contributed by atoms with van der Waals surface area (Å²) in [5, 5.41) is 9.44. The third kappa shape index (κ3) is 4.66. The van der Waals surface area contributed by atoms with Gasteiger partial charge in [0.1, 0.15) is 0 Å². The molecule has 0 atom stereocenters. The van der Waals surface area contributed by atoms with E-state index in [9.17, 15) is 9.59 Å². The number of fused-ring (bicyclic) bond motifs is 1. The Kier molecular flexibility index (Phi) is 5.91. The van der Waals surface area contributed by atoms with Crippen molar-refractivity contribution in [1.82, 2.24) is 5.32 Å². The molecular formula is C23H23N3O2S. The minimum absolute atomic E-state index is 0.0472. The molecule has 2 amide bonds. The monoisotopic (exact) mass is 405 g/mol. The number of carbonyl (C=O) groups is 2. The zero-order chi connectivity index (χ0) is 20.1. The highest BCUT2D eigenvalue weighted by atomic mass is 32.1. The number of carbonyl (C=O) groups excluding carboxylic acids is 2. The molecule has 2 aromatic carbocycles. The van der Waals surface area contributed by atoms with Crippen molar-refractivity contribution in [1.29, 1.82) is 0 Å². The molecule has 0 saturated carbocycles. The van der Waals surface area contributed by atoms with E-state index in [2.05, 4.69) is 39.8 Å². The lowest BCUT2D eigenvalue weighted by atomic mass is 10.2. The van der Waals surface area contributed by atoms with Crippen molar-refractivity contribution in [2.24, 2.45) is 0 Å². The lowest BCUT2D eigenvalue weighted by molar-refractivity contribution is -0.116. The smallest absolute Gasteiger partial charge is 0.252 e. The van der Waals surface area contributed by atoms with Crippen LogP contribution in [-0.4, -0.2) is 24.9 Å². The van der Waals surface area contributed by atoms with E-state index >= 15 is 0 Å². The number of hydrogen-bond donors (Lipinski definition) is 2. The van der Waals surface area contributed by atoms with E-state index in [1.54, 1.807) is 6.07 Å². The molecule has 0 saturated heterocycles.